The predicted octanol–water partition coefficient (Wildman–Crippen LogP) is 5.26. The van der Waals surface area contributed by atoms with Crippen molar-refractivity contribution in [2.75, 3.05) is 12.8 Å². The molecule has 1 aliphatic heterocycles. The molecule has 38 heavy (non-hydrogen) atoms. The molecule has 1 heterocycles. The zero-order valence-electron chi connectivity index (χ0n) is 20.1. The Morgan fingerprint density at radius 3 is 2.53 bits per heavy atom. The van der Waals surface area contributed by atoms with E-state index in [1.165, 1.54) is 18.4 Å². The first-order valence-corrected chi connectivity index (χ1v) is 14.2. The summed E-state index contributed by atoms with van der Waals surface area (Å²) in [6.45, 7) is 0.643. The number of rotatable bonds is 7. The number of nitrogens with one attached hydrogen (secondary N) is 1. The fourth-order valence-corrected chi connectivity index (χ4v) is 5.83. The lowest BCUT2D eigenvalue weighted by Gasteiger charge is -2.30. The summed E-state index contributed by atoms with van der Waals surface area (Å²) in [5.41, 5.74) is 2.34. The van der Waals surface area contributed by atoms with Crippen molar-refractivity contribution in [1.29, 1.82) is 0 Å². The molecule has 3 aromatic carbocycles. The zero-order chi connectivity index (χ0) is 27.6. The molecular formula is C27H22Cl3FN2O4S. The highest BCUT2D eigenvalue weighted by Crippen LogP contribution is 2.35. The van der Waals surface area contributed by atoms with Crippen LogP contribution >= 0.6 is 34.8 Å². The van der Waals surface area contributed by atoms with E-state index in [9.17, 15) is 23.3 Å². The number of amides is 2. The van der Waals surface area contributed by atoms with Gasteiger partial charge in [0.2, 0.25) is 0 Å². The van der Waals surface area contributed by atoms with Crippen LogP contribution in [0.5, 0.6) is 0 Å². The molecule has 0 spiro atoms. The van der Waals surface area contributed by atoms with Crippen LogP contribution in [0.2, 0.25) is 15.1 Å². The first-order valence-electron chi connectivity index (χ1n) is 11.5. The zero-order valence-corrected chi connectivity index (χ0v) is 23.2. The molecule has 1 aliphatic rings. The van der Waals surface area contributed by atoms with E-state index in [0.29, 0.717) is 41.0 Å². The van der Waals surface area contributed by atoms with E-state index < -0.39 is 28.9 Å². The Kier molecular flexibility index (Phi) is 9.00. The molecule has 0 saturated heterocycles. The van der Waals surface area contributed by atoms with Crippen molar-refractivity contribution in [2.24, 2.45) is 0 Å². The lowest BCUT2D eigenvalue weighted by Crippen LogP contribution is -2.39. The predicted molar refractivity (Wildman–Crippen MR) is 146 cm³/mol. The van der Waals surface area contributed by atoms with Gasteiger partial charge in [0, 0.05) is 29.7 Å². The van der Waals surface area contributed by atoms with Crippen LogP contribution in [0.1, 0.15) is 37.4 Å². The molecule has 1 N–H and O–H groups in total. The van der Waals surface area contributed by atoms with E-state index >= 15 is 0 Å². The third-order valence-electron chi connectivity index (χ3n) is 6.21. The highest BCUT2D eigenvalue weighted by molar-refractivity contribution is 7.90. The van der Waals surface area contributed by atoms with E-state index in [1.54, 1.807) is 35.2 Å². The van der Waals surface area contributed by atoms with Gasteiger partial charge in [-0.3, -0.25) is 9.59 Å². The highest BCUT2D eigenvalue weighted by Gasteiger charge is 2.28. The SMILES string of the molecule is C[S+]([O-])c1cc(F)cc(C[C@@H](C=O)NC(=O)c2c(Cl)cc3c(c2Cl)CCN(C(=O)c2ccc(Cl)cc2)C3)c1. The number of carbonyl (C=O) groups excluding carboxylic acids is 3. The van der Waals surface area contributed by atoms with Crippen molar-refractivity contribution in [1.82, 2.24) is 10.2 Å². The van der Waals surface area contributed by atoms with Crippen molar-refractivity contribution in [3.05, 3.63) is 97.2 Å². The quantitative estimate of drug-likeness (QED) is 0.298. The highest BCUT2D eigenvalue weighted by atomic mass is 35.5. The Hall–Kier alpha value is -2.62. The molecule has 4 rings (SSSR count). The Labute approximate surface area is 237 Å². The third kappa shape index (κ3) is 6.33. The number of nitrogens with zero attached hydrogens (tertiary/aromatic N) is 1. The number of benzene rings is 3. The van der Waals surface area contributed by atoms with Gasteiger partial charge in [0.15, 0.2) is 4.90 Å². The van der Waals surface area contributed by atoms with Gasteiger partial charge in [0.1, 0.15) is 18.4 Å². The van der Waals surface area contributed by atoms with Gasteiger partial charge in [0.25, 0.3) is 11.8 Å². The molecular weight excluding hydrogens is 574 g/mol. The van der Waals surface area contributed by atoms with Crippen molar-refractivity contribution < 1.29 is 23.3 Å². The second-order valence-corrected chi connectivity index (χ2v) is 11.4. The van der Waals surface area contributed by atoms with Crippen LogP contribution in [0.15, 0.2) is 53.4 Å². The average Bonchev–Trinajstić information content (AvgIpc) is 2.87. The molecule has 0 radical (unpaired) electrons. The Morgan fingerprint density at radius 2 is 1.87 bits per heavy atom. The molecule has 0 fully saturated rings. The summed E-state index contributed by atoms with van der Waals surface area (Å²) < 4.78 is 25.7. The summed E-state index contributed by atoms with van der Waals surface area (Å²) in [6, 6.07) is 11.1. The number of aldehydes is 1. The fraction of sp³-hybridized carbons (Fsp3) is 0.222. The van der Waals surface area contributed by atoms with Crippen molar-refractivity contribution in [2.45, 2.75) is 30.3 Å². The molecule has 0 aliphatic carbocycles. The second kappa shape index (κ2) is 12.1. The molecule has 6 nitrogen and oxygen atoms in total. The van der Waals surface area contributed by atoms with Gasteiger partial charge in [-0.2, -0.15) is 0 Å². The Balaban J connectivity index is 1.51. The van der Waals surface area contributed by atoms with Crippen LogP contribution in [0, 0.1) is 5.82 Å². The molecule has 2 amide bonds. The number of hydrogen-bond acceptors (Lipinski definition) is 4. The third-order valence-corrected chi connectivity index (χ3v) is 8.08. The summed E-state index contributed by atoms with van der Waals surface area (Å²) in [5.74, 6) is -1.41. The van der Waals surface area contributed by atoms with Gasteiger partial charge in [0.05, 0.1) is 21.7 Å². The summed E-state index contributed by atoms with van der Waals surface area (Å²) in [5, 5.41) is 3.35. The number of hydrogen-bond donors (Lipinski definition) is 1. The minimum Gasteiger partial charge on any atom is -0.612 e. The van der Waals surface area contributed by atoms with Crippen LogP contribution < -0.4 is 5.32 Å². The molecule has 0 aromatic heterocycles. The van der Waals surface area contributed by atoms with E-state index in [4.69, 9.17) is 34.8 Å². The molecule has 0 saturated carbocycles. The topological polar surface area (TPSA) is 89.5 Å². The smallest absolute Gasteiger partial charge is 0.254 e. The average molecular weight is 596 g/mol. The summed E-state index contributed by atoms with van der Waals surface area (Å²) in [7, 11) is 0. The summed E-state index contributed by atoms with van der Waals surface area (Å²) in [4.78, 5) is 39.7. The van der Waals surface area contributed by atoms with Crippen molar-refractivity contribution >= 4 is 64.1 Å². The van der Waals surface area contributed by atoms with Crippen LogP contribution in [0.4, 0.5) is 4.39 Å². The maximum atomic E-state index is 14.0. The first kappa shape index (κ1) is 28.4. The standard InChI is InChI=1S/C27H22Cl3FN2O4S/c1-38(37)21-10-15(8-19(31)12-21)9-20(14-34)32-26(35)24-23(29)11-17-13-33(7-6-22(17)25(24)30)27(36)16-2-4-18(28)5-3-16/h2-5,8,10-12,14,20H,6-7,9,13H2,1H3,(H,32,35)/t20-,38?/m0/s1. The molecule has 2 atom stereocenters. The Morgan fingerprint density at radius 1 is 1.16 bits per heavy atom. The largest absolute Gasteiger partial charge is 0.612 e. The minimum atomic E-state index is -1.41. The van der Waals surface area contributed by atoms with Crippen LogP contribution in [-0.4, -0.2) is 46.4 Å². The monoisotopic (exact) mass is 594 g/mol. The minimum absolute atomic E-state index is 0.0147. The summed E-state index contributed by atoms with van der Waals surface area (Å²) in [6.07, 6.45) is 2.34. The lowest BCUT2D eigenvalue weighted by atomic mass is 9.95. The number of halogens is 4. The molecule has 3 aromatic rings. The van der Waals surface area contributed by atoms with Crippen molar-refractivity contribution in [3.63, 3.8) is 0 Å². The molecule has 0 bridgehead atoms. The van der Waals surface area contributed by atoms with E-state index in [2.05, 4.69) is 5.32 Å². The first-order chi connectivity index (χ1) is 18.1. The van der Waals surface area contributed by atoms with E-state index in [1.807, 2.05) is 0 Å². The van der Waals surface area contributed by atoms with Gasteiger partial charge < -0.3 is 19.6 Å². The number of fused-ring (bicyclic) bond motifs is 1. The molecule has 11 heteroatoms. The van der Waals surface area contributed by atoms with Gasteiger partial charge in [-0.25, -0.2) is 4.39 Å². The maximum absolute atomic E-state index is 14.0. The molecule has 1 unspecified atom stereocenters. The van der Waals surface area contributed by atoms with Crippen molar-refractivity contribution in [3.8, 4) is 0 Å². The van der Waals surface area contributed by atoms with Gasteiger partial charge in [-0.1, -0.05) is 34.8 Å². The van der Waals surface area contributed by atoms with Crippen LogP contribution in [0.3, 0.4) is 0 Å². The van der Waals surface area contributed by atoms with Gasteiger partial charge in [-0.15, -0.1) is 0 Å². The van der Waals surface area contributed by atoms with Crippen LogP contribution in [-0.2, 0) is 35.4 Å². The Bertz CT molecular complexity index is 1400. The second-order valence-electron chi connectivity index (χ2n) is 8.84. The normalized spacial score (nSPS) is 14.4. The van der Waals surface area contributed by atoms with Crippen LogP contribution in [0.25, 0.3) is 0 Å². The van der Waals surface area contributed by atoms with Gasteiger partial charge >= 0.3 is 0 Å². The van der Waals surface area contributed by atoms with Gasteiger partial charge in [-0.05, 0) is 83.2 Å². The molecule has 198 valence electrons. The summed E-state index contributed by atoms with van der Waals surface area (Å²) >= 11 is 17.6. The number of carbonyl (C=O) groups is 3. The maximum Gasteiger partial charge on any atom is 0.254 e. The van der Waals surface area contributed by atoms with E-state index in [0.717, 1.165) is 11.6 Å². The fourth-order valence-electron chi connectivity index (χ4n) is 4.34. The van der Waals surface area contributed by atoms with E-state index in [-0.39, 0.29) is 39.4 Å². The lowest BCUT2D eigenvalue weighted by molar-refractivity contribution is -0.109.